The number of methoxy groups -OCH3 is 1. The maximum absolute atomic E-state index is 12.1. The molecule has 82 valence electrons. The van der Waals surface area contributed by atoms with Crippen molar-refractivity contribution in [3.63, 3.8) is 0 Å². The van der Waals surface area contributed by atoms with Gasteiger partial charge >= 0.3 is 0 Å². The summed E-state index contributed by atoms with van der Waals surface area (Å²) in [5, 5.41) is 0. The number of hydrogen-bond acceptors (Lipinski definition) is 3. The summed E-state index contributed by atoms with van der Waals surface area (Å²) in [6.45, 7) is 0. The van der Waals surface area contributed by atoms with Gasteiger partial charge in [0.25, 0.3) is 0 Å². The van der Waals surface area contributed by atoms with Gasteiger partial charge in [0, 0.05) is 17.6 Å². The molecule has 3 nitrogen and oxygen atoms in total. The second-order valence-electron chi connectivity index (χ2n) is 3.68. The van der Waals surface area contributed by atoms with Crippen LogP contribution >= 0.6 is 0 Å². The summed E-state index contributed by atoms with van der Waals surface area (Å²) in [7, 11) is -0.343. The number of rotatable bonds is 2. The van der Waals surface area contributed by atoms with E-state index in [1.165, 1.54) is 0 Å². The summed E-state index contributed by atoms with van der Waals surface area (Å²) < 4.78 is 21.6. The molecule has 0 aromatic heterocycles. The van der Waals surface area contributed by atoms with Gasteiger partial charge in [-0.2, -0.15) is 4.36 Å². The molecule has 1 aromatic rings. The average molecular weight is 225 g/mol. The van der Waals surface area contributed by atoms with E-state index in [1.807, 2.05) is 24.3 Å². The summed E-state index contributed by atoms with van der Waals surface area (Å²) in [6.07, 6.45) is 2.07. The molecule has 0 atom stereocenters. The normalized spacial score (nSPS) is 18.7. The minimum Gasteiger partial charge on any atom is -0.497 e. The Hall–Kier alpha value is -1.03. The lowest BCUT2D eigenvalue weighted by molar-refractivity contribution is 0.415. The molecule has 1 saturated heterocycles. The smallest absolute Gasteiger partial charge is 0.121 e. The van der Waals surface area contributed by atoms with E-state index in [4.69, 9.17) is 4.74 Å². The van der Waals surface area contributed by atoms with E-state index in [0.29, 0.717) is 0 Å². The zero-order chi connectivity index (χ0) is 10.7. The molecule has 4 heteroatoms. The molecule has 1 heterocycles. The Morgan fingerprint density at radius 3 is 2.73 bits per heavy atom. The van der Waals surface area contributed by atoms with Gasteiger partial charge in [0.1, 0.15) is 5.75 Å². The van der Waals surface area contributed by atoms with E-state index in [1.54, 1.807) is 7.11 Å². The van der Waals surface area contributed by atoms with Crippen LogP contribution in [0.15, 0.2) is 28.6 Å². The second-order valence-corrected chi connectivity index (χ2v) is 6.22. The lowest BCUT2D eigenvalue weighted by atomic mass is 10.3. The van der Waals surface area contributed by atoms with Crippen molar-refractivity contribution in [2.45, 2.75) is 12.8 Å². The Morgan fingerprint density at radius 1 is 1.33 bits per heavy atom. The minimum atomic E-state index is -1.96. The molecule has 0 radical (unpaired) electrons. The fourth-order valence-corrected chi connectivity index (χ4v) is 3.90. The summed E-state index contributed by atoms with van der Waals surface area (Å²) in [5.74, 6) is 2.24. The van der Waals surface area contributed by atoms with Crippen LogP contribution in [0.3, 0.4) is 0 Å². The molecule has 0 bridgehead atoms. The summed E-state index contributed by atoms with van der Waals surface area (Å²) >= 11 is 0. The van der Waals surface area contributed by atoms with Crippen LogP contribution in [0, 0.1) is 0 Å². The molecule has 15 heavy (non-hydrogen) atoms. The van der Waals surface area contributed by atoms with Gasteiger partial charge in [0.2, 0.25) is 0 Å². The van der Waals surface area contributed by atoms with Crippen molar-refractivity contribution in [2.75, 3.05) is 18.6 Å². The van der Waals surface area contributed by atoms with Crippen LogP contribution in [-0.4, -0.2) is 22.8 Å². The average Bonchev–Trinajstić information content (AvgIpc) is 2.65. The van der Waals surface area contributed by atoms with E-state index in [2.05, 4.69) is 4.36 Å². The lowest BCUT2D eigenvalue weighted by Gasteiger charge is -2.02. The molecule has 0 saturated carbocycles. The number of benzene rings is 1. The first kappa shape index (κ1) is 10.5. The Bertz CT molecular complexity index is 449. The van der Waals surface area contributed by atoms with Gasteiger partial charge in [0.05, 0.1) is 22.5 Å². The Labute approximate surface area is 90.6 Å². The van der Waals surface area contributed by atoms with Gasteiger partial charge in [-0.15, -0.1) is 0 Å². The quantitative estimate of drug-likeness (QED) is 0.776. The van der Waals surface area contributed by atoms with E-state index in [9.17, 15) is 4.21 Å². The third kappa shape index (κ3) is 2.50. The van der Waals surface area contributed by atoms with Crippen LogP contribution in [-0.2, 0) is 9.73 Å². The van der Waals surface area contributed by atoms with Crippen molar-refractivity contribution in [1.82, 2.24) is 0 Å². The fraction of sp³-hybridized carbons (Fsp3) is 0.455. The third-order valence-corrected chi connectivity index (χ3v) is 4.90. The first-order valence-corrected chi connectivity index (χ1v) is 6.94. The standard InChI is InChI=1S/C11H15NO2S/c1-14-11-6-4-5-10(9-11)12-15(13)7-2-3-8-15/h4-6,9H,2-3,7-8H2,1H3. The maximum Gasteiger partial charge on any atom is 0.121 e. The molecular weight excluding hydrogens is 210 g/mol. The molecule has 1 aliphatic rings. The van der Waals surface area contributed by atoms with Crippen LogP contribution in [0.5, 0.6) is 5.75 Å². The molecule has 0 spiro atoms. The van der Waals surface area contributed by atoms with E-state index >= 15 is 0 Å². The maximum atomic E-state index is 12.1. The largest absolute Gasteiger partial charge is 0.497 e. The monoisotopic (exact) mass is 225 g/mol. The molecule has 1 aromatic carbocycles. The van der Waals surface area contributed by atoms with E-state index < -0.39 is 9.73 Å². The Kier molecular flexibility index (Phi) is 2.95. The fourth-order valence-electron chi connectivity index (χ4n) is 1.71. The van der Waals surface area contributed by atoms with Crippen LogP contribution in [0.2, 0.25) is 0 Å². The molecule has 0 aliphatic carbocycles. The van der Waals surface area contributed by atoms with Crippen molar-refractivity contribution in [3.05, 3.63) is 24.3 Å². The van der Waals surface area contributed by atoms with Crippen LogP contribution in [0.25, 0.3) is 0 Å². The summed E-state index contributed by atoms with van der Waals surface area (Å²) in [4.78, 5) is 0. The molecule has 0 N–H and O–H groups in total. The Morgan fingerprint density at radius 2 is 2.07 bits per heavy atom. The van der Waals surface area contributed by atoms with Gasteiger partial charge in [0.15, 0.2) is 0 Å². The number of hydrogen-bond donors (Lipinski definition) is 0. The van der Waals surface area contributed by atoms with Gasteiger partial charge in [-0.05, 0) is 25.0 Å². The summed E-state index contributed by atoms with van der Waals surface area (Å²) in [5.41, 5.74) is 0.765. The van der Waals surface area contributed by atoms with Crippen LogP contribution in [0.1, 0.15) is 12.8 Å². The van der Waals surface area contributed by atoms with Crippen molar-refractivity contribution in [3.8, 4) is 5.75 Å². The topological polar surface area (TPSA) is 38.7 Å². The third-order valence-electron chi connectivity index (χ3n) is 2.50. The molecule has 0 unspecified atom stereocenters. The van der Waals surface area contributed by atoms with Gasteiger partial charge in [-0.1, -0.05) is 6.07 Å². The molecule has 0 amide bonds. The first-order valence-electron chi connectivity index (χ1n) is 5.08. The van der Waals surface area contributed by atoms with Crippen LogP contribution < -0.4 is 4.74 Å². The number of nitrogens with zero attached hydrogens (tertiary/aromatic N) is 1. The molecule has 1 aliphatic heterocycles. The van der Waals surface area contributed by atoms with Gasteiger partial charge in [-0.3, -0.25) is 0 Å². The predicted octanol–water partition coefficient (Wildman–Crippen LogP) is 2.59. The van der Waals surface area contributed by atoms with Crippen molar-refractivity contribution < 1.29 is 8.95 Å². The van der Waals surface area contributed by atoms with Crippen molar-refractivity contribution in [1.29, 1.82) is 0 Å². The van der Waals surface area contributed by atoms with Crippen molar-refractivity contribution in [2.24, 2.45) is 4.36 Å². The lowest BCUT2D eigenvalue weighted by Crippen LogP contribution is -1.99. The highest BCUT2D eigenvalue weighted by atomic mass is 32.2. The van der Waals surface area contributed by atoms with Gasteiger partial charge in [-0.25, -0.2) is 4.21 Å². The minimum absolute atomic E-state index is 0.740. The van der Waals surface area contributed by atoms with Crippen molar-refractivity contribution >= 4 is 15.4 Å². The highest BCUT2D eigenvalue weighted by molar-refractivity contribution is 7.93. The summed E-state index contributed by atoms with van der Waals surface area (Å²) in [6, 6.07) is 7.42. The van der Waals surface area contributed by atoms with E-state index in [-0.39, 0.29) is 0 Å². The molecule has 2 rings (SSSR count). The predicted molar refractivity (Wildman–Crippen MR) is 62.2 cm³/mol. The van der Waals surface area contributed by atoms with Crippen LogP contribution in [0.4, 0.5) is 5.69 Å². The Balaban J connectivity index is 2.34. The first-order chi connectivity index (χ1) is 7.22. The van der Waals surface area contributed by atoms with Gasteiger partial charge < -0.3 is 4.74 Å². The zero-order valence-electron chi connectivity index (χ0n) is 8.81. The molecule has 1 fully saturated rings. The van der Waals surface area contributed by atoms with E-state index in [0.717, 1.165) is 35.8 Å². The highest BCUT2D eigenvalue weighted by Gasteiger charge is 2.16. The number of ether oxygens (including phenoxy) is 1. The highest BCUT2D eigenvalue weighted by Crippen LogP contribution is 2.24. The molecular formula is C11H15NO2S. The zero-order valence-corrected chi connectivity index (χ0v) is 9.63. The SMILES string of the molecule is COc1cccc(N=S2(=O)CCCC2)c1. The second kappa shape index (κ2) is 4.23.